The number of rotatable bonds is 3. The van der Waals surface area contributed by atoms with Crippen molar-refractivity contribution in [2.75, 3.05) is 39.4 Å². The van der Waals surface area contributed by atoms with Crippen LogP contribution < -0.4 is 0 Å². The average Bonchev–Trinajstić information content (AvgIpc) is 3.47. The first-order chi connectivity index (χ1) is 15.1. The van der Waals surface area contributed by atoms with Crippen LogP contribution >= 0.6 is 11.3 Å². The van der Waals surface area contributed by atoms with Crippen LogP contribution in [-0.2, 0) is 4.74 Å². The van der Waals surface area contributed by atoms with Gasteiger partial charge in [0.2, 0.25) is 0 Å². The number of amides is 2. The van der Waals surface area contributed by atoms with E-state index < -0.39 is 0 Å². The van der Waals surface area contributed by atoms with Gasteiger partial charge in [0.05, 0.1) is 35.5 Å². The summed E-state index contributed by atoms with van der Waals surface area (Å²) in [4.78, 5) is 39.7. The number of aromatic nitrogens is 2. The van der Waals surface area contributed by atoms with Gasteiger partial charge in [0.25, 0.3) is 11.8 Å². The van der Waals surface area contributed by atoms with Crippen molar-refractivity contribution in [1.29, 1.82) is 0 Å². The van der Waals surface area contributed by atoms with Gasteiger partial charge in [-0.2, -0.15) is 0 Å². The molecule has 0 aliphatic carbocycles. The van der Waals surface area contributed by atoms with Crippen molar-refractivity contribution in [2.45, 2.75) is 19.3 Å². The Bertz CT molecular complexity index is 1140. The molecule has 1 unspecified atom stereocenters. The van der Waals surface area contributed by atoms with E-state index in [1.807, 2.05) is 47.1 Å². The summed E-state index contributed by atoms with van der Waals surface area (Å²) in [5, 5.41) is 0.869. The van der Waals surface area contributed by atoms with Gasteiger partial charge in [-0.25, -0.2) is 4.98 Å². The van der Waals surface area contributed by atoms with Crippen LogP contribution in [0.4, 0.5) is 0 Å². The number of para-hydroxylation sites is 1. The van der Waals surface area contributed by atoms with Gasteiger partial charge in [-0.1, -0.05) is 18.2 Å². The highest BCUT2D eigenvalue weighted by Crippen LogP contribution is 2.31. The van der Waals surface area contributed by atoms with Crippen molar-refractivity contribution in [3.8, 4) is 0 Å². The van der Waals surface area contributed by atoms with E-state index in [9.17, 15) is 9.59 Å². The van der Waals surface area contributed by atoms with E-state index in [1.54, 1.807) is 5.51 Å². The Balaban J connectivity index is 1.44. The Morgan fingerprint density at radius 3 is 2.68 bits per heavy atom. The maximum Gasteiger partial charge on any atom is 0.265 e. The van der Waals surface area contributed by atoms with E-state index in [4.69, 9.17) is 9.72 Å². The molecule has 7 nitrogen and oxygen atoms in total. The predicted molar refractivity (Wildman–Crippen MR) is 119 cm³/mol. The molecule has 8 heteroatoms. The smallest absolute Gasteiger partial charge is 0.265 e. The number of fused-ring (bicyclic) bond motifs is 1. The Kier molecular flexibility index (Phi) is 5.41. The fraction of sp³-hybridized carbons (Fsp3) is 0.391. The summed E-state index contributed by atoms with van der Waals surface area (Å²) in [6, 6.07) is 9.73. The van der Waals surface area contributed by atoms with Gasteiger partial charge >= 0.3 is 0 Å². The van der Waals surface area contributed by atoms with Gasteiger partial charge in [-0.3, -0.25) is 14.6 Å². The van der Waals surface area contributed by atoms with Crippen LogP contribution in [0.3, 0.4) is 0 Å². The molecule has 4 heterocycles. The van der Waals surface area contributed by atoms with Crippen molar-refractivity contribution in [3.63, 3.8) is 0 Å². The fourth-order valence-corrected chi connectivity index (χ4v) is 5.13. The standard InChI is InChI=1S/C23H24N4O3S/c1-15-21(31-14-24-15)23(29)27-7-6-16(13-27)20-12-18(17-4-2-3-5-19(17)25-20)22(28)26-8-10-30-11-9-26/h2-5,12,14,16H,6-11,13H2,1H3. The SMILES string of the molecule is Cc1ncsc1C(=O)N1CCC(c2cc(C(=O)N3CCOCC3)c3ccccc3n2)C1. The number of carbonyl (C=O) groups is 2. The molecule has 2 aromatic heterocycles. The molecule has 0 saturated carbocycles. The van der Waals surface area contributed by atoms with E-state index in [1.165, 1.54) is 11.3 Å². The van der Waals surface area contributed by atoms with E-state index in [0.29, 0.717) is 49.8 Å². The van der Waals surface area contributed by atoms with E-state index >= 15 is 0 Å². The van der Waals surface area contributed by atoms with Gasteiger partial charge < -0.3 is 14.5 Å². The van der Waals surface area contributed by atoms with Gasteiger partial charge in [-0.05, 0) is 25.5 Å². The molecule has 2 aliphatic rings. The van der Waals surface area contributed by atoms with Crippen LogP contribution in [0.25, 0.3) is 10.9 Å². The number of nitrogens with zero attached hydrogens (tertiary/aromatic N) is 4. The molecule has 160 valence electrons. The lowest BCUT2D eigenvalue weighted by atomic mass is 9.99. The molecule has 5 rings (SSSR count). The highest BCUT2D eigenvalue weighted by atomic mass is 32.1. The Hall–Kier alpha value is -2.84. The number of hydrogen-bond donors (Lipinski definition) is 0. The normalized spacial score (nSPS) is 19.2. The number of carbonyl (C=O) groups excluding carboxylic acids is 2. The third-order valence-corrected chi connectivity index (χ3v) is 7.01. The molecule has 1 aromatic carbocycles. The molecule has 2 amide bonds. The second-order valence-corrected chi connectivity index (χ2v) is 8.87. The number of aryl methyl sites for hydroxylation is 1. The summed E-state index contributed by atoms with van der Waals surface area (Å²) in [5.41, 5.74) is 4.88. The van der Waals surface area contributed by atoms with Gasteiger partial charge in [0.1, 0.15) is 4.88 Å². The highest BCUT2D eigenvalue weighted by Gasteiger charge is 2.31. The molecule has 3 aromatic rings. The summed E-state index contributed by atoms with van der Waals surface area (Å²) < 4.78 is 5.40. The lowest BCUT2D eigenvalue weighted by Gasteiger charge is -2.27. The van der Waals surface area contributed by atoms with Gasteiger partial charge in [0.15, 0.2) is 0 Å². The van der Waals surface area contributed by atoms with Crippen LogP contribution in [0.2, 0.25) is 0 Å². The number of morpholine rings is 1. The Morgan fingerprint density at radius 2 is 1.90 bits per heavy atom. The Labute approximate surface area is 184 Å². The van der Waals surface area contributed by atoms with Crippen LogP contribution in [0.15, 0.2) is 35.8 Å². The maximum atomic E-state index is 13.3. The minimum Gasteiger partial charge on any atom is -0.378 e. The quantitative estimate of drug-likeness (QED) is 0.631. The zero-order valence-corrected chi connectivity index (χ0v) is 18.2. The molecule has 0 bridgehead atoms. The van der Waals surface area contributed by atoms with E-state index in [2.05, 4.69) is 4.98 Å². The summed E-state index contributed by atoms with van der Waals surface area (Å²) in [5.74, 6) is 0.167. The maximum absolute atomic E-state index is 13.3. The summed E-state index contributed by atoms with van der Waals surface area (Å²) in [6.45, 7) is 5.49. The molecular weight excluding hydrogens is 412 g/mol. The second kappa shape index (κ2) is 8.36. The largest absolute Gasteiger partial charge is 0.378 e. The minimum atomic E-state index is 0.0226. The molecule has 0 radical (unpaired) electrons. The minimum absolute atomic E-state index is 0.0226. The molecular formula is C23H24N4O3S. The molecule has 2 fully saturated rings. The molecule has 2 aliphatic heterocycles. The first-order valence-corrected chi connectivity index (χ1v) is 11.5. The molecule has 31 heavy (non-hydrogen) atoms. The van der Waals surface area contributed by atoms with E-state index in [-0.39, 0.29) is 17.7 Å². The van der Waals surface area contributed by atoms with Crippen molar-refractivity contribution in [3.05, 3.63) is 57.7 Å². The zero-order chi connectivity index (χ0) is 21.4. The number of pyridine rings is 1. The highest BCUT2D eigenvalue weighted by molar-refractivity contribution is 7.11. The summed E-state index contributed by atoms with van der Waals surface area (Å²) in [7, 11) is 0. The number of likely N-dealkylation sites (tertiary alicyclic amines) is 1. The monoisotopic (exact) mass is 436 g/mol. The number of ether oxygens (including phenoxy) is 1. The Morgan fingerprint density at radius 1 is 1.10 bits per heavy atom. The average molecular weight is 437 g/mol. The number of benzene rings is 1. The molecule has 0 N–H and O–H groups in total. The van der Waals surface area contributed by atoms with Crippen LogP contribution in [0.5, 0.6) is 0 Å². The van der Waals surface area contributed by atoms with E-state index in [0.717, 1.165) is 28.7 Å². The lowest BCUT2D eigenvalue weighted by Crippen LogP contribution is -2.40. The third-order valence-electron chi connectivity index (χ3n) is 6.10. The van der Waals surface area contributed by atoms with Crippen LogP contribution in [0.1, 0.15) is 43.8 Å². The number of hydrogen-bond acceptors (Lipinski definition) is 6. The van der Waals surface area contributed by atoms with Crippen molar-refractivity contribution in [2.24, 2.45) is 0 Å². The van der Waals surface area contributed by atoms with Crippen molar-refractivity contribution < 1.29 is 14.3 Å². The van der Waals surface area contributed by atoms with Gasteiger partial charge in [-0.15, -0.1) is 11.3 Å². The fourth-order valence-electron chi connectivity index (χ4n) is 4.36. The second-order valence-electron chi connectivity index (χ2n) is 8.02. The molecule has 0 spiro atoms. The first-order valence-electron chi connectivity index (χ1n) is 10.6. The van der Waals surface area contributed by atoms with Crippen LogP contribution in [-0.4, -0.2) is 71.0 Å². The van der Waals surface area contributed by atoms with Crippen molar-refractivity contribution >= 4 is 34.1 Å². The van der Waals surface area contributed by atoms with Crippen molar-refractivity contribution in [1.82, 2.24) is 19.8 Å². The number of thiazole rings is 1. The lowest BCUT2D eigenvalue weighted by molar-refractivity contribution is 0.0304. The first kappa shape index (κ1) is 20.1. The van der Waals surface area contributed by atoms with Crippen LogP contribution in [0, 0.1) is 6.92 Å². The van der Waals surface area contributed by atoms with Gasteiger partial charge in [0, 0.05) is 43.2 Å². The topological polar surface area (TPSA) is 75.6 Å². The summed E-state index contributed by atoms with van der Waals surface area (Å²) >= 11 is 1.39. The summed E-state index contributed by atoms with van der Waals surface area (Å²) in [6.07, 6.45) is 0.833. The molecule has 1 atom stereocenters. The zero-order valence-electron chi connectivity index (χ0n) is 17.4. The molecule has 2 saturated heterocycles. The third kappa shape index (κ3) is 3.81. The predicted octanol–water partition coefficient (Wildman–Crippen LogP) is 3.10.